The quantitative estimate of drug-likeness (QED) is 0.856. The van der Waals surface area contributed by atoms with E-state index in [1.54, 1.807) is 0 Å². The average molecular weight is 311 g/mol. The van der Waals surface area contributed by atoms with Crippen LogP contribution in [0.25, 0.3) is 0 Å². The summed E-state index contributed by atoms with van der Waals surface area (Å²) in [6.07, 6.45) is 1.55. The van der Waals surface area contributed by atoms with Gasteiger partial charge in [-0.3, -0.25) is 4.79 Å². The smallest absolute Gasteiger partial charge is 0.227 e. The summed E-state index contributed by atoms with van der Waals surface area (Å²) in [5.74, 6) is 1.26. The van der Waals surface area contributed by atoms with Crippen molar-refractivity contribution in [3.8, 4) is 0 Å². The molecule has 2 aromatic carbocycles. The van der Waals surface area contributed by atoms with E-state index in [-0.39, 0.29) is 5.91 Å². The third-order valence-corrected chi connectivity index (χ3v) is 5.39. The van der Waals surface area contributed by atoms with Gasteiger partial charge in [-0.05, 0) is 17.5 Å². The Hall–Kier alpha value is -1.74. The fourth-order valence-electron chi connectivity index (χ4n) is 2.84. The molecule has 22 heavy (non-hydrogen) atoms. The third kappa shape index (κ3) is 3.92. The molecule has 2 nitrogen and oxygen atoms in total. The second-order valence-electron chi connectivity index (χ2n) is 5.60. The van der Waals surface area contributed by atoms with Gasteiger partial charge < -0.3 is 4.90 Å². The van der Waals surface area contributed by atoms with E-state index in [4.69, 9.17) is 0 Å². The van der Waals surface area contributed by atoms with Crippen molar-refractivity contribution in [1.29, 1.82) is 0 Å². The van der Waals surface area contributed by atoms with Crippen molar-refractivity contribution in [3.05, 3.63) is 71.8 Å². The molecule has 0 aromatic heterocycles. The molecule has 1 saturated heterocycles. The summed E-state index contributed by atoms with van der Waals surface area (Å²) in [6, 6.07) is 20.7. The van der Waals surface area contributed by atoms with Gasteiger partial charge in [-0.15, -0.1) is 0 Å². The lowest BCUT2D eigenvalue weighted by atomic mass is 10.1. The fraction of sp³-hybridized carbons (Fsp3) is 0.316. The van der Waals surface area contributed by atoms with Crippen LogP contribution in [-0.4, -0.2) is 29.6 Å². The fourth-order valence-corrected chi connectivity index (χ4v) is 4.07. The number of carbonyl (C=O) groups excluding carboxylic acids is 1. The van der Waals surface area contributed by atoms with E-state index in [1.807, 2.05) is 47.0 Å². The van der Waals surface area contributed by atoms with Crippen LogP contribution in [0.15, 0.2) is 60.7 Å². The van der Waals surface area contributed by atoms with E-state index in [1.165, 1.54) is 5.56 Å². The molecule has 1 fully saturated rings. The SMILES string of the molecule is O=C(Cc1ccccc1)N1CCS[C@H](c2ccccc2)CC1. The number of hydrogen-bond acceptors (Lipinski definition) is 2. The Kier molecular flexibility index (Phi) is 5.17. The van der Waals surface area contributed by atoms with Gasteiger partial charge in [0.1, 0.15) is 0 Å². The van der Waals surface area contributed by atoms with Gasteiger partial charge in [-0.2, -0.15) is 11.8 Å². The Morgan fingerprint density at radius 1 is 1.00 bits per heavy atom. The van der Waals surface area contributed by atoms with Crippen LogP contribution < -0.4 is 0 Å². The van der Waals surface area contributed by atoms with Crippen molar-refractivity contribution in [3.63, 3.8) is 0 Å². The monoisotopic (exact) mass is 311 g/mol. The predicted molar refractivity (Wildman–Crippen MR) is 93.0 cm³/mol. The Labute approximate surface area is 136 Å². The van der Waals surface area contributed by atoms with Gasteiger partial charge in [0.25, 0.3) is 0 Å². The van der Waals surface area contributed by atoms with Crippen molar-refractivity contribution in [1.82, 2.24) is 4.90 Å². The molecule has 1 heterocycles. The number of rotatable bonds is 3. The molecule has 0 N–H and O–H groups in total. The zero-order valence-corrected chi connectivity index (χ0v) is 13.5. The summed E-state index contributed by atoms with van der Waals surface area (Å²) >= 11 is 1.97. The highest BCUT2D eigenvalue weighted by molar-refractivity contribution is 7.99. The van der Waals surface area contributed by atoms with Crippen LogP contribution in [0.1, 0.15) is 22.8 Å². The molecule has 2 aromatic rings. The number of carbonyl (C=O) groups is 1. The lowest BCUT2D eigenvalue weighted by Crippen LogP contribution is -2.34. The Balaban J connectivity index is 1.59. The molecule has 1 aliphatic rings. The third-order valence-electron chi connectivity index (χ3n) is 4.06. The highest BCUT2D eigenvalue weighted by Gasteiger charge is 2.21. The van der Waals surface area contributed by atoms with Gasteiger partial charge >= 0.3 is 0 Å². The molecule has 1 amide bonds. The van der Waals surface area contributed by atoms with E-state index in [0.29, 0.717) is 11.7 Å². The maximum Gasteiger partial charge on any atom is 0.227 e. The first-order chi connectivity index (χ1) is 10.8. The van der Waals surface area contributed by atoms with Gasteiger partial charge in [-0.25, -0.2) is 0 Å². The van der Waals surface area contributed by atoms with Gasteiger partial charge in [0, 0.05) is 24.1 Å². The molecule has 0 aliphatic carbocycles. The normalized spacial score (nSPS) is 18.7. The average Bonchev–Trinajstić information content (AvgIpc) is 2.83. The molecule has 114 valence electrons. The molecule has 0 saturated carbocycles. The molecular weight excluding hydrogens is 290 g/mol. The summed E-state index contributed by atoms with van der Waals surface area (Å²) in [6.45, 7) is 1.72. The molecule has 0 unspecified atom stereocenters. The maximum absolute atomic E-state index is 12.5. The van der Waals surface area contributed by atoms with Crippen molar-refractivity contribution in [2.45, 2.75) is 18.1 Å². The van der Waals surface area contributed by atoms with Crippen molar-refractivity contribution in [2.24, 2.45) is 0 Å². The molecule has 3 heteroatoms. The Morgan fingerprint density at radius 3 is 2.41 bits per heavy atom. The van der Waals surface area contributed by atoms with Gasteiger partial charge in [0.05, 0.1) is 6.42 Å². The molecule has 0 spiro atoms. The number of nitrogens with zero attached hydrogens (tertiary/aromatic N) is 1. The van der Waals surface area contributed by atoms with E-state index in [2.05, 4.69) is 30.3 Å². The molecule has 3 rings (SSSR count). The number of amides is 1. The topological polar surface area (TPSA) is 20.3 Å². The maximum atomic E-state index is 12.5. The Morgan fingerprint density at radius 2 is 1.68 bits per heavy atom. The number of thioether (sulfide) groups is 1. The van der Waals surface area contributed by atoms with E-state index in [9.17, 15) is 4.79 Å². The highest BCUT2D eigenvalue weighted by atomic mass is 32.2. The summed E-state index contributed by atoms with van der Waals surface area (Å²) in [5, 5.41) is 0.510. The van der Waals surface area contributed by atoms with Crippen LogP contribution in [0, 0.1) is 0 Å². The first-order valence-electron chi connectivity index (χ1n) is 7.81. The zero-order chi connectivity index (χ0) is 15.2. The van der Waals surface area contributed by atoms with Crippen LogP contribution >= 0.6 is 11.8 Å². The first-order valence-corrected chi connectivity index (χ1v) is 8.86. The lowest BCUT2D eigenvalue weighted by molar-refractivity contribution is -0.130. The summed E-state index contributed by atoms with van der Waals surface area (Å²) in [4.78, 5) is 14.5. The summed E-state index contributed by atoms with van der Waals surface area (Å²) in [7, 11) is 0. The minimum atomic E-state index is 0.250. The summed E-state index contributed by atoms with van der Waals surface area (Å²) in [5.41, 5.74) is 2.48. The van der Waals surface area contributed by atoms with E-state index >= 15 is 0 Å². The first kappa shape index (κ1) is 15.2. The molecular formula is C19H21NOS. The van der Waals surface area contributed by atoms with Crippen LogP contribution in [0.2, 0.25) is 0 Å². The minimum absolute atomic E-state index is 0.250. The Bertz CT molecular complexity index is 599. The van der Waals surface area contributed by atoms with E-state index in [0.717, 1.165) is 30.8 Å². The lowest BCUT2D eigenvalue weighted by Gasteiger charge is -2.20. The van der Waals surface area contributed by atoms with Crippen LogP contribution in [0.4, 0.5) is 0 Å². The second kappa shape index (κ2) is 7.50. The van der Waals surface area contributed by atoms with Crippen molar-refractivity contribution >= 4 is 17.7 Å². The molecule has 0 bridgehead atoms. The van der Waals surface area contributed by atoms with Gasteiger partial charge in [-0.1, -0.05) is 60.7 Å². The van der Waals surface area contributed by atoms with Crippen molar-refractivity contribution < 1.29 is 4.79 Å². The predicted octanol–water partition coefficient (Wildman–Crippen LogP) is 3.94. The van der Waals surface area contributed by atoms with Gasteiger partial charge in [0.15, 0.2) is 0 Å². The van der Waals surface area contributed by atoms with E-state index < -0.39 is 0 Å². The zero-order valence-electron chi connectivity index (χ0n) is 12.7. The summed E-state index contributed by atoms with van der Waals surface area (Å²) < 4.78 is 0. The standard InChI is InChI=1S/C19H21NOS/c21-19(15-16-7-3-1-4-8-16)20-12-11-18(22-14-13-20)17-9-5-2-6-10-17/h1-10,18H,11-15H2/t18-/m0/s1. The molecule has 0 radical (unpaired) electrons. The van der Waals surface area contributed by atoms with Crippen LogP contribution in [0.3, 0.4) is 0 Å². The number of hydrogen-bond donors (Lipinski definition) is 0. The van der Waals surface area contributed by atoms with Gasteiger partial charge in [0.2, 0.25) is 5.91 Å². The highest BCUT2D eigenvalue weighted by Crippen LogP contribution is 2.34. The largest absolute Gasteiger partial charge is 0.342 e. The van der Waals surface area contributed by atoms with Crippen LogP contribution in [-0.2, 0) is 11.2 Å². The molecule has 1 atom stereocenters. The van der Waals surface area contributed by atoms with Crippen LogP contribution in [0.5, 0.6) is 0 Å². The minimum Gasteiger partial charge on any atom is -0.342 e. The molecule has 1 aliphatic heterocycles. The van der Waals surface area contributed by atoms with Crippen molar-refractivity contribution in [2.75, 3.05) is 18.8 Å². The second-order valence-corrected chi connectivity index (χ2v) is 6.91. The number of benzene rings is 2.